The average molecular weight is 240 g/mol. The van der Waals surface area contributed by atoms with Crippen molar-refractivity contribution < 1.29 is 4.79 Å². The molecule has 0 aliphatic heterocycles. The first-order valence-electron chi connectivity index (χ1n) is 5.80. The zero-order valence-corrected chi connectivity index (χ0v) is 10.2. The van der Waals surface area contributed by atoms with E-state index in [1.165, 1.54) is 0 Å². The maximum absolute atomic E-state index is 10.7. The SMILES string of the molecule is CC(C)c1cc2nnc3cc(C=O)ccc3n2n1. The number of hydrogen-bond acceptors (Lipinski definition) is 4. The number of benzene rings is 1. The second-order valence-corrected chi connectivity index (χ2v) is 4.56. The summed E-state index contributed by atoms with van der Waals surface area (Å²) in [5.74, 6) is 0.344. The molecule has 0 radical (unpaired) electrons. The van der Waals surface area contributed by atoms with E-state index in [0.29, 0.717) is 17.0 Å². The molecular weight excluding hydrogens is 228 g/mol. The number of aldehydes is 1. The van der Waals surface area contributed by atoms with Gasteiger partial charge in [0.05, 0.1) is 11.2 Å². The van der Waals surface area contributed by atoms with Gasteiger partial charge in [-0.25, -0.2) is 4.52 Å². The van der Waals surface area contributed by atoms with Crippen LogP contribution in [-0.4, -0.2) is 26.1 Å². The lowest BCUT2D eigenvalue weighted by molar-refractivity contribution is 0.112. The molecule has 0 spiro atoms. The Hall–Kier alpha value is -2.30. The van der Waals surface area contributed by atoms with Gasteiger partial charge in [-0.05, 0) is 24.1 Å². The smallest absolute Gasteiger partial charge is 0.178 e. The zero-order valence-electron chi connectivity index (χ0n) is 10.2. The number of carbonyl (C=O) groups excluding carboxylic acids is 1. The van der Waals surface area contributed by atoms with Crippen LogP contribution in [0.2, 0.25) is 0 Å². The van der Waals surface area contributed by atoms with E-state index in [2.05, 4.69) is 29.1 Å². The molecule has 18 heavy (non-hydrogen) atoms. The van der Waals surface area contributed by atoms with Crippen LogP contribution in [0.25, 0.3) is 16.7 Å². The van der Waals surface area contributed by atoms with Gasteiger partial charge >= 0.3 is 0 Å². The van der Waals surface area contributed by atoms with Crippen LogP contribution in [0.5, 0.6) is 0 Å². The molecule has 0 aliphatic rings. The molecule has 0 fully saturated rings. The zero-order chi connectivity index (χ0) is 12.7. The summed E-state index contributed by atoms with van der Waals surface area (Å²) in [6.45, 7) is 4.17. The molecule has 5 heteroatoms. The van der Waals surface area contributed by atoms with Gasteiger partial charge in [0, 0.05) is 11.6 Å². The molecule has 0 N–H and O–H groups in total. The molecule has 0 aliphatic carbocycles. The minimum atomic E-state index is 0.344. The van der Waals surface area contributed by atoms with Gasteiger partial charge in [-0.2, -0.15) is 5.10 Å². The Morgan fingerprint density at radius 2 is 2.06 bits per heavy atom. The molecule has 0 unspecified atom stereocenters. The van der Waals surface area contributed by atoms with Crippen LogP contribution >= 0.6 is 0 Å². The molecule has 0 atom stereocenters. The van der Waals surface area contributed by atoms with Crippen LogP contribution in [0.4, 0.5) is 0 Å². The first-order valence-corrected chi connectivity index (χ1v) is 5.80. The van der Waals surface area contributed by atoms with Crippen molar-refractivity contribution in [1.82, 2.24) is 19.8 Å². The molecule has 3 aromatic rings. The number of rotatable bonds is 2. The lowest BCUT2D eigenvalue weighted by Crippen LogP contribution is -1.97. The van der Waals surface area contributed by atoms with E-state index in [9.17, 15) is 4.79 Å². The Morgan fingerprint density at radius 1 is 1.22 bits per heavy atom. The normalized spacial score (nSPS) is 11.5. The monoisotopic (exact) mass is 240 g/mol. The van der Waals surface area contributed by atoms with Gasteiger partial charge in [-0.15, -0.1) is 10.2 Å². The van der Waals surface area contributed by atoms with E-state index in [1.807, 2.05) is 12.1 Å². The van der Waals surface area contributed by atoms with Crippen molar-refractivity contribution in [2.45, 2.75) is 19.8 Å². The fraction of sp³-hybridized carbons (Fsp3) is 0.231. The molecule has 2 heterocycles. The Bertz CT molecular complexity index is 745. The minimum Gasteiger partial charge on any atom is -0.298 e. The maximum atomic E-state index is 10.7. The standard InChI is InChI=1S/C13H12N4O/c1-8(2)10-6-13-15-14-11-5-9(7-18)3-4-12(11)17(13)16-10/h3-8H,1-2H3. The number of hydrogen-bond donors (Lipinski definition) is 0. The highest BCUT2D eigenvalue weighted by atomic mass is 16.1. The lowest BCUT2D eigenvalue weighted by Gasteiger charge is -2.00. The minimum absolute atomic E-state index is 0.344. The van der Waals surface area contributed by atoms with Crippen LogP contribution in [0.15, 0.2) is 24.3 Å². The second-order valence-electron chi connectivity index (χ2n) is 4.56. The van der Waals surface area contributed by atoms with E-state index in [0.717, 1.165) is 23.1 Å². The van der Waals surface area contributed by atoms with Crippen LogP contribution in [-0.2, 0) is 0 Å². The van der Waals surface area contributed by atoms with Crippen molar-refractivity contribution in [3.05, 3.63) is 35.5 Å². The van der Waals surface area contributed by atoms with E-state index >= 15 is 0 Å². The summed E-state index contributed by atoms with van der Waals surface area (Å²) < 4.78 is 1.77. The number of nitrogens with zero attached hydrogens (tertiary/aromatic N) is 4. The van der Waals surface area contributed by atoms with Crippen molar-refractivity contribution >= 4 is 23.0 Å². The Labute approximate surface area is 103 Å². The predicted octanol–water partition coefficient (Wildman–Crippen LogP) is 2.21. The molecule has 90 valence electrons. The number of fused-ring (bicyclic) bond motifs is 3. The highest BCUT2D eigenvalue weighted by Gasteiger charge is 2.10. The first kappa shape index (κ1) is 10.8. The third-order valence-electron chi connectivity index (χ3n) is 2.92. The van der Waals surface area contributed by atoms with Crippen molar-refractivity contribution in [2.75, 3.05) is 0 Å². The summed E-state index contributed by atoms with van der Waals surface area (Å²) in [7, 11) is 0. The fourth-order valence-electron chi connectivity index (χ4n) is 1.90. The molecular formula is C13H12N4O. The fourth-order valence-corrected chi connectivity index (χ4v) is 1.90. The molecule has 0 amide bonds. The van der Waals surface area contributed by atoms with Gasteiger partial charge in [0.1, 0.15) is 11.8 Å². The number of aromatic nitrogens is 4. The van der Waals surface area contributed by atoms with Gasteiger partial charge in [-0.1, -0.05) is 13.8 Å². The Kier molecular flexibility index (Phi) is 2.33. The first-order chi connectivity index (χ1) is 8.69. The number of carbonyl (C=O) groups is 1. The third kappa shape index (κ3) is 1.55. The Balaban J connectivity index is 2.34. The van der Waals surface area contributed by atoms with Crippen molar-refractivity contribution in [3.8, 4) is 0 Å². The molecule has 1 aromatic carbocycles. The van der Waals surface area contributed by atoms with Crippen LogP contribution < -0.4 is 0 Å². The molecule has 5 nitrogen and oxygen atoms in total. The van der Waals surface area contributed by atoms with Gasteiger partial charge in [0.15, 0.2) is 5.65 Å². The van der Waals surface area contributed by atoms with E-state index in [-0.39, 0.29) is 0 Å². The summed E-state index contributed by atoms with van der Waals surface area (Å²) in [5, 5.41) is 12.8. The highest BCUT2D eigenvalue weighted by molar-refractivity contribution is 5.85. The topological polar surface area (TPSA) is 60.2 Å². The Morgan fingerprint density at radius 3 is 2.78 bits per heavy atom. The van der Waals surface area contributed by atoms with Gasteiger partial charge in [0.2, 0.25) is 0 Å². The molecule has 0 saturated carbocycles. The van der Waals surface area contributed by atoms with Gasteiger partial charge in [-0.3, -0.25) is 4.79 Å². The summed E-state index contributed by atoms with van der Waals surface area (Å²) in [5.41, 5.74) is 3.83. The van der Waals surface area contributed by atoms with Crippen molar-refractivity contribution in [2.24, 2.45) is 0 Å². The van der Waals surface area contributed by atoms with E-state index < -0.39 is 0 Å². The van der Waals surface area contributed by atoms with Crippen LogP contribution in [0.3, 0.4) is 0 Å². The van der Waals surface area contributed by atoms with E-state index in [4.69, 9.17) is 0 Å². The largest absolute Gasteiger partial charge is 0.298 e. The van der Waals surface area contributed by atoms with Gasteiger partial charge < -0.3 is 0 Å². The summed E-state index contributed by atoms with van der Waals surface area (Å²) in [4.78, 5) is 10.7. The molecule has 3 rings (SSSR count). The molecule has 0 bridgehead atoms. The predicted molar refractivity (Wildman–Crippen MR) is 67.8 cm³/mol. The van der Waals surface area contributed by atoms with Crippen LogP contribution in [0.1, 0.15) is 35.8 Å². The van der Waals surface area contributed by atoms with Crippen molar-refractivity contribution in [1.29, 1.82) is 0 Å². The highest BCUT2D eigenvalue weighted by Crippen LogP contribution is 2.18. The summed E-state index contributed by atoms with van der Waals surface area (Å²) in [6, 6.07) is 7.25. The third-order valence-corrected chi connectivity index (χ3v) is 2.92. The second kappa shape index (κ2) is 3.87. The molecule has 2 aromatic heterocycles. The summed E-state index contributed by atoms with van der Waals surface area (Å²) >= 11 is 0. The molecule has 0 saturated heterocycles. The average Bonchev–Trinajstić information content (AvgIpc) is 2.82. The summed E-state index contributed by atoms with van der Waals surface area (Å²) in [6.07, 6.45) is 0.800. The maximum Gasteiger partial charge on any atom is 0.178 e. The van der Waals surface area contributed by atoms with Crippen LogP contribution in [0, 0.1) is 0 Å². The van der Waals surface area contributed by atoms with Gasteiger partial charge in [0.25, 0.3) is 0 Å². The van der Waals surface area contributed by atoms with E-state index in [1.54, 1.807) is 16.6 Å². The quantitative estimate of drug-likeness (QED) is 0.644. The lowest BCUT2D eigenvalue weighted by atomic mass is 10.1. The van der Waals surface area contributed by atoms with Crippen molar-refractivity contribution in [3.63, 3.8) is 0 Å².